The largest absolute Gasteiger partial charge is 0.311 e. The van der Waals surface area contributed by atoms with E-state index in [4.69, 9.17) is 5.14 Å². The molecule has 1 saturated heterocycles. The zero-order valence-electron chi connectivity index (χ0n) is 11.6. The highest BCUT2D eigenvalue weighted by atomic mass is 32.2. The number of anilines is 1. The molecular formula is C13H16N4O3S. The number of aromatic nitrogens is 2. The predicted octanol–water partition coefficient (Wildman–Crippen LogP) is 0.215. The molecule has 7 nitrogen and oxygen atoms in total. The Labute approximate surface area is 122 Å². The molecule has 0 aliphatic carbocycles. The van der Waals surface area contributed by atoms with Crippen LogP contribution in [0, 0.1) is 5.92 Å². The number of aryl methyl sites for hydroxylation is 1. The lowest BCUT2D eigenvalue weighted by molar-refractivity contribution is -0.117. The highest BCUT2D eigenvalue weighted by molar-refractivity contribution is 7.89. The van der Waals surface area contributed by atoms with E-state index in [1.165, 1.54) is 0 Å². The van der Waals surface area contributed by atoms with E-state index in [2.05, 4.69) is 5.10 Å². The molecule has 1 amide bonds. The molecule has 0 radical (unpaired) electrons. The fraction of sp³-hybridized carbons (Fsp3) is 0.385. The first-order chi connectivity index (χ1) is 9.85. The molecule has 0 saturated carbocycles. The van der Waals surface area contributed by atoms with Gasteiger partial charge in [-0.2, -0.15) is 5.10 Å². The average molecular weight is 308 g/mol. The highest BCUT2D eigenvalue weighted by Gasteiger charge is 2.33. The van der Waals surface area contributed by atoms with Gasteiger partial charge in [-0.3, -0.25) is 9.48 Å². The summed E-state index contributed by atoms with van der Waals surface area (Å²) in [4.78, 5) is 13.8. The molecule has 21 heavy (non-hydrogen) atoms. The van der Waals surface area contributed by atoms with E-state index < -0.39 is 10.0 Å². The summed E-state index contributed by atoms with van der Waals surface area (Å²) in [5.41, 5.74) is 1.69. The van der Waals surface area contributed by atoms with Crippen LogP contribution < -0.4 is 10.0 Å². The Kier molecular flexibility index (Phi) is 3.22. The molecule has 8 heteroatoms. The van der Waals surface area contributed by atoms with Gasteiger partial charge in [0, 0.05) is 31.3 Å². The number of hydrogen-bond acceptors (Lipinski definition) is 4. The number of hydrogen-bond donors (Lipinski definition) is 1. The second-order valence-electron chi connectivity index (χ2n) is 5.38. The molecule has 0 spiro atoms. The lowest BCUT2D eigenvalue weighted by Gasteiger charge is -2.17. The standard InChI is InChI=1S/C13H16N4O3S/c1-16-11-3-2-4-12(10(11)6-15-16)17-7-9(5-13(17)18)8-21(14,19)20/h2-4,6,9H,5,7-8H2,1H3,(H2,14,19,20). The number of carbonyl (C=O) groups excluding carboxylic acids is 1. The molecule has 2 heterocycles. The summed E-state index contributed by atoms with van der Waals surface area (Å²) in [6.45, 7) is 0.364. The monoisotopic (exact) mass is 308 g/mol. The number of fused-ring (bicyclic) bond motifs is 1. The third kappa shape index (κ3) is 2.64. The van der Waals surface area contributed by atoms with Crippen molar-refractivity contribution in [3.8, 4) is 0 Å². The zero-order chi connectivity index (χ0) is 15.2. The fourth-order valence-electron chi connectivity index (χ4n) is 2.85. The quantitative estimate of drug-likeness (QED) is 0.876. The Bertz CT molecular complexity index is 812. The Balaban J connectivity index is 1.94. The normalized spacial score (nSPS) is 19.6. The topological polar surface area (TPSA) is 98.3 Å². The summed E-state index contributed by atoms with van der Waals surface area (Å²) in [5.74, 6) is -0.516. The lowest BCUT2D eigenvalue weighted by Crippen LogP contribution is -2.27. The van der Waals surface area contributed by atoms with Crippen molar-refractivity contribution in [2.24, 2.45) is 18.1 Å². The molecule has 1 unspecified atom stereocenters. The van der Waals surface area contributed by atoms with Gasteiger partial charge < -0.3 is 4.90 Å². The van der Waals surface area contributed by atoms with E-state index in [0.29, 0.717) is 6.54 Å². The Morgan fingerprint density at radius 1 is 1.43 bits per heavy atom. The molecule has 1 aromatic heterocycles. The van der Waals surface area contributed by atoms with Crippen LogP contribution in [0.1, 0.15) is 6.42 Å². The summed E-state index contributed by atoms with van der Waals surface area (Å²) in [6.07, 6.45) is 1.91. The molecule has 1 aliphatic heterocycles. The van der Waals surface area contributed by atoms with Crippen LogP contribution in [0.5, 0.6) is 0 Å². The molecule has 2 aromatic rings. The van der Waals surface area contributed by atoms with Crippen molar-refractivity contribution < 1.29 is 13.2 Å². The summed E-state index contributed by atoms with van der Waals surface area (Å²) in [5, 5.41) is 10.1. The molecule has 0 bridgehead atoms. The summed E-state index contributed by atoms with van der Waals surface area (Å²) in [7, 11) is -1.74. The SMILES string of the molecule is Cn1ncc2c(N3CC(CS(N)(=O)=O)CC3=O)cccc21. The van der Waals surface area contributed by atoms with Gasteiger partial charge >= 0.3 is 0 Å². The van der Waals surface area contributed by atoms with E-state index >= 15 is 0 Å². The third-order valence-electron chi connectivity index (χ3n) is 3.73. The smallest absolute Gasteiger partial charge is 0.227 e. The maximum absolute atomic E-state index is 12.2. The highest BCUT2D eigenvalue weighted by Crippen LogP contribution is 2.31. The van der Waals surface area contributed by atoms with E-state index in [1.54, 1.807) is 15.8 Å². The van der Waals surface area contributed by atoms with Crippen LogP contribution in [-0.4, -0.2) is 36.4 Å². The maximum atomic E-state index is 12.2. The fourth-order valence-corrected chi connectivity index (χ4v) is 3.73. The number of nitrogens with zero attached hydrogens (tertiary/aromatic N) is 3. The molecule has 2 N–H and O–H groups in total. The van der Waals surface area contributed by atoms with Gasteiger partial charge in [0.05, 0.1) is 23.2 Å². The molecule has 112 valence electrons. The summed E-state index contributed by atoms with van der Waals surface area (Å²) >= 11 is 0. The molecule has 1 aromatic carbocycles. The molecule has 1 aliphatic rings. The van der Waals surface area contributed by atoms with Crippen molar-refractivity contribution in [3.05, 3.63) is 24.4 Å². The molecular weight excluding hydrogens is 292 g/mol. The second-order valence-corrected chi connectivity index (χ2v) is 7.04. The van der Waals surface area contributed by atoms with E-state index in [-0.39, 0.29) is 24.0 Å². The van der Waals surface area contributed by atoms with E-state index in [9.17, 15) is 13.2 Å². The van der Waals surface area contributed by atoms with Crippen LogP contribution in [0.2, 0.25) is 0 Å². The van der Waals surface area contributed by atoms with Gasteiger partial charge in [0.25, 0.3) is 0 Å². The predicted molar refractivity (Wildman–Crippen MR) is 79.1 cm³/mol. The van der Waals surface area contributed by atoms with Crippen LogP contribution in [0.3, 0.4) is 0 Å². The molecule has 1 atom stereocenters. The van der Waals surface area contributed by atoms with Gasteiger partial charge in [0.2, 0.25) is 15.9 Å². The van der Waals surface area contributed by atoms with Gasteiger partial charge in [0.1, 0.15) is 0 Å². The van der Waals surface area contributed by atoms with Crippen LogP contribution in [0.15, 0.2) is 24.4 Å². The Hall–Kier alpha value is -1.93. The van der Waals surface area contributed by atoms with Gasteiger partial charge in [-0.1, -0.05) is 6.07 Å². The van der Waals surface area contributed by atoms with E-state index in [1.807, 2.05) is 25.2 Å². The van der Waals surface area contributed by atoms with Crippen molar-refractivity contribution in [1.29, 1.82) is 0 Å². The minimum Gasteiger partial charge on any atom is -0.311 e. The first kappa shape index (κ1) is 14.0. The number of sulfonamides is 1. The minimum atomic E-state index is -3.57. The maximum Gasteiger partial charge on any atom is 0.227 e. The first-order valence-electron chi connectivity index (χ1n) is 6.57. The number of benzene rings is 1. The van der Waals surface area contributed by atoms with Crippen molar-refractivity contribution in [2.75, 3.05) is 17.2 Å². The summed E-state index contributed by atoms with van der Waals surface area (Å²) in [6, 6.07) is 5.63. The van der Waals surface area contributed by atoms with Crippen molar-refractivity contribution in [2.45, 2.75) is 6.42 Å². The Morgan fingerprint density at radius 2 is 2.19 bits per heavy atom. The van der Waals surface area contributed by atoms with Gasteiger partial charge in [0.15, 0.2) is 0 Å². The Morgan fingerprint density at radius 3 is 2.90 bits per heavy atom. The van der Waals surface area contributed by atoms with Crippen LogP contribution >= 0.6 is 0 Å². The molecule has 3 rings (SSSR count). The average Bonchev–Trinajstić information content (AvgIpc) is 2.91. The second kappa shape index (κ2) is 4.81. The number of nitrogens with two attached hydrogens (primary N) is 1. The van der Waals surface area contributed by atoms with Gasteiger partial charge in [-0.15, -0.1) is 0 Å². The zero-order valence-corrected chi connectivity index (χ0v) is 12.4. The number of primary sulfonamides is 1. The van der Waals surface area contributed by atoms with Crippen LogP contribution in [0.4, 0.5) is 5.69 Å². The minimum absolute atomic E-state index is 0.0833. The van der Waals surface area contributed by atoms with Crippen LogP contribution in [-0.2, 0) is 21.9 Å². The first-order valence-corrected chi connectivity index (χ1v) is 8.28. The molecule has 1 fully saturated rings. The van der Waals surface area contributed by atoms with Crippen molar-refractivity contribution in [3.63, 3.8) is 0 Å². The van der Waals surface area contributed by atoms with Gasteiger partial charge in [-0.05, 0) is 12.1 Å². The summed E-state index contributed by atoms with van der Waals surface area (Å²) < 4.78 is 24.1. The van der Waals surface area contributed by atoms with Gasteiger partial charge in [-0.25, -0.2) is 13.6 Å². The van der Waals surface area contributed by atoms with Crippen molar-refractivity contribution in [1.82, 2.24) is 9.78 Å². The van der Waals surface area contributed by atoms with Crippen molar-refractivity contribution >= 4 is 32.5 Å². The third-order valence-corrected chi connectivity index (χ3v) is 4.67. The number of carbonyl (C=O) groups is 1. The lowest BCUT2D eigenvalue weighted by atomic mass is 10.1. The van der Waals surface area contributed by atoms with Crippen LogP contribution in [0.25, 0.3) is 10.9 Å². The number of amides is 1. The van der Waals surface area contributed by atoms with E-state index in [0.717, 1.165) is 16.6 Å². The number of rotatable bonds is 3.